The van der Waals surface area contributed by atoms with Gasteiger partial charge in [0.05, 0.1) is 0 Å². The van der Waals surface area contributed by atoms with Gasteiger partial charge in [0.2, 0.25) is 5.13 Å². The molecule has 0 aliphatic carbocycles. The van der Waals surface area contributed by atoms with Gasteiger partial charge in [0, 0.05) is 6.54 Å². The van der Waals surface area contributed by atoms with Crippen LogP contribution in [0.5, 0.6) is 0 Å². The van der Waals surface area contributed by atoms with Crippen LogP contribution in [0, 0.1) is 0 Å². The molecule has 0 saturated heterocycles. The van der Waals surface area contributed by atoms with E-state index < -0.39 is 0 Å². The molecular formula is C11H14N6OS. The highest BCUT2D eigenvalue weighted by Gasteiger charge is 2.11. The van der Waals surface area contributed by atoms with E-state index >= 15 is 0 Å². The highest BCUT2D eigenvalue weighted by Crippen LogP contribution is 2.16. The van der Waals surface area contributed by atoms with Crippen molar-refractivity contribution < 1.29 is 4.79 Å². The van der Waals surface area contributed by atoms with Gasteiger partial charge >= 0.3 is 0 Å². The Bertz CT molecular complexity index is 553. The van der Waals surface area contributed by atoms with Gasteiger partial charge in [-0.3, -0.25) is 10.1 Å². The zero-order chi connectivity index (χ0) is 13.7. The molecule has 2 rings (SSSR count). The van der Waals surface area contributed by atoms with Crippen molar-refractivity contribution in [3.63, 3.8) is 0 Å². The van der Waals surface area contributed by atoms with Crippen molar-refractivity contribution in [2.45, 2.75) is 20.3 Å². The summed E-state index contributed by atoms with van der Waals surface area (Å²) in [7, 11) is 0. The van der Waals surface area contributed by atoms with Crippen LogP contribution < -0.4 is 10.6 Å². The van der Waals surface area contributed by atoms with Crippen LogP contribution in [0.4, 0.5) is 10.9 Å². The summed E-state index contributed by atoms with van der Waals surface area (Å²) >= 11 is 1.35. The van der Waals surface area contributed by atoms with Crippen molar-refractivity contribution >= 4 is 28.2 Å². The summed E-state index contributed by atoms with van der Waals surface area (Å²) in [5.74, 6) is 0.303. The molecule has 0 aromatic carbocycles. The fourth-order valence-corrected chi connectivity index (χ4v) is 2.01. The SMILES string of the molecule is CCNc1ccc(C(=O)Nc2nnc(CC)s2)nn1. The molecule has 0 spiro atoms. The Morgan fingerprint density at radius 1 is 1.21 bits per heavy atom. The van der Waals surface area contributed by atoms with E-state index in [0.717, 1.165) is 18.0 Å². The average molecular weight is 278 g/mol. The van der Waals surface area contributed by atoms with E-state index in [2.05, 4.69) is 31.0 Å². The number of amides is 1. The molecule has 0 radical (unpaired) electrons. The number of aryl methyl sites for hydroxylation is 1. The van der Waals surface area contributed by atoms with Gasteiger partial charge in [0.15, 0.2) is 5.69 Å². The number of anilines is 2. The van der Waals surface area contributed by atoms with E-state index in [1.54, 1.807) is 12.1 Å². The molecule has 0 atom stereocenters. The van der Waals surface area contributed by atoms with Gasteiger partial charge in [0.25, 0.3) is 5.91 Å². The van der Waals surface area contributed by atoms with Gasteiger partial charge in [0.1, 0.15) is 10.8 Å². The Morgan fingerprint density at radius 2 is 2.05 bits per heavy atom. The van der Waals surface area contributed by atoms with Crippen LogP contribution in [0.15, 0.2) is 12.1 Å². The molecule has 0 aliphatic heterocycles. The summed E-state index contributed by atoms with van der Waals surface area (Å²) in [4.78, 5) is 11.9. The van der Waals surface area contributed by atoms with Crippen LogP contribution in [0.2, 0.25) is 0 Å². The summed E-state index contributed by atoms with van der Waals surface area (Å²) in [6.45, 7) is 4.70. The second-order valence-electron chi connectivity index (χ2n) is 3.64. The zero-order valence-corrected chi connectivity index (χ0v) is 11.5. The van der Waals surface area contributed by atoms with Crippen LogP contribution >= 0.6 is 11.3 Å². The maximum absolute atomic E-state index is 11.9. The molecule has 8 heteroatoms. The molecule has 19 heavy (non-hydrogen) atoms. The summed E-state index contributed by atoms with van der Waals surface area (Å²) in [5.41, 5.74) is 0.245. The molecule has 0 aliphatic rings. The van der Waals surface area contributed by atoms with Crippen LogP contribution in [-0.2, 0) is 6.42 Å². The van der Waals surface area contributed by atoms with E-state index in [1.807, 2.05) is 13.8 Å². The molecule has 100 valence electrons. The summed E-state index contributed by atoms with van der Waals surface area (Å²) in [6, 6.07) is 3.32. The summed E-state index contributed by atoms with van der Waals surface area (Å²) in [6.07, 6.45) is 0.796. The molecule has 2 heterocycles. The molecule has 0 fully saturated rings. The normalized spacial score (nSPS) is 10.2. The fraction of sp³-hybridized carbons (Fsp3) is 0.364. The predicted octanol–water partition coefficient (Wildman–Crippen LogP) is 1.57. The third-order valence-electron chi connectivity index (χ3n) is 2.24. The molecule has 7 nitrogen and oxygen atoms in total. The van der Waals surface area contributed by atoms with Gasteiger partial charge in [-0.25, -0.2) is 0 Å². The molecule has 1 amide bonds. The van der Waals surface area contributed by atoms with E-state index in [1.165, 1.54) is 11.3 Å². The monoisotopic (exact) mass is 278 g/mol. The number of rotatable bonds is 5. The van der Waals surface area contributed by atoms with Crippen molar-refractivity contribution in [3.05, 3.63) is 22.8 Å². The number of hydrogen-bond acceptors (Lipinski definition) is 7. The maximum Gasteiger partial charge on any atom is 0.278 e. The number of carbonyl (C=O) groups is 1. The molecular weight excluding hydrogens is 264 g/mol. The average Bonchev–Trinajstić information content (AvgIpc) is 2.87. The molecule has 0 bridgehead atoms. The minimum absolute atomic E-state index is 0.245. The molecule has 2 aromatic heterocycles. The first kappa shape index (κ1) is 13.3. The fourth-order valence-electron chi connectivity index (χ4n) is 1.34. The summed E-state index contributed by atoms with van der Waals surface area (Å²) < 4.78 is 0. The highest BCUT2D eigenvalue weighted by atomic mass is 32.1. The number of carbonyl (C=O) groups excluding carboxylic acids is 1. The van der Waals surface area contributed by atoms with Gasteiger partial charge in [-0.1, -0.05) is 18.3 Å². The molecule has 2 aromatic rings. The minimum atomic E-state index is -0.339. The van der Waals surface area contributed by atoms with E-state index in [9.17, 15) is 4.79 Å². The number of nitrogens with zero attached hydrogens (tertiary/aromatic N) is 4. The van der Waals surface area contributed by atoms with Crippen LogP contribution in [-0.4, -0.2) is 32.8 Å². The van der Waals surface area contributed by atoms with Crippen molar-refractivity contribution in [1.29, 1.82) is 0 Å². The smallest absolute Gasteiger partial charge is 0.278 e. The van der Waals surface area contributed by atoms with E-state index in [4.69, 9.17) is 0 Å². The molecule has 0 unspecified atom stereocenters. The first-order valence-corrected chi connectivity index (χ1v) is 6.76. The lowest BCUT2D eigenvalue weighted by Crippen LogP contribution is -2.14. The number of hydrogen-bond donors (Lipinski definition) is 2. The lowest BCUT2D eigenvalue weighted by molar-refractivity contribution is 0.102. The largest absolute Gasteiger partial charge is 0.369 e. The van der Waals surface area contributed by atoms with Gasteiger partial charge in [-0.05, 0) is 25.5 Å². The third-order valence-corrected chi connectivity index (χ3v) is 3.23. The van der Waals surface area contributed by atoms with Crippen molar-refractivity contribution in [3.8, 4) is 0 Å². The zero-order valence-electron chi connectivity index (χ0n) is 10.7. The standard InChI is InChI=1S/C11H14N6OS/c1-3-9-16-17-11(19-9)13-10(18)7-5-6-8(12-4-2)15-14-7/h5-6H,3-4H2,1-2H3,(H,12,15)(H,13,17,18). The quantitative estimate of drug-likeness (QED) is 0.862. The van der Waals surface area contributed by atoms with Gasteiger partial charge in [-0.15, -0.1) is 20.4 Å². The first-order valence-electron chi connectivity index (χ1n) is 5.94. The van der Waals surface area contributed by atoms with Crippen LogP contribution in [0.3, 0.4) is 0 Å². The predicted molar refractivity (Wildman–Crippen MR) is 73.4 cm³/mol. The van der Waals surface area contributed by atoms with Crippen molar-refractivity contribution in [2.75, 3.05) is 17.2 Å². The van der Waals surface area contributed by atoms with Gasteiger partial charge < -0.3 is 5.32 Å². The van der Waals surface area contributed by atoms with E-state index in [0.29, 0.717) is 10.9 Å². The Kier molecular flexibility index (Phi) is 4.35. The minimum Gasteiger partial charge on any atom is -0.369 e. The van der Waals surface area contributed by atoms with E-state index in [-0.39, 0.29) is 11.6 Å². The number of aromatic nitrogens is 4. The summed E-state index contributed by atoms with van der Waals surface area (Å²) in [5, 5.41) is 22.6. The Labute approximate surface area is 114 Å². The lowest BCUT2D eigenvalue weighted by Gasteiger charge is -2.02. The maximum atomic E-state index is 11.9. The van der Waals surface area contributed by atoms with Crippen LogP contribution in [0.1, 0.15) is 29.3 Å². The van der Waals surface area contributed by atoms with Gasteiger partial charge in [-0.2, -0.15) is 0 Å². The second kappa shape index (κ2) is 6.19. The van der Waals surface area contributed by atoms with Crippen molar-refractivity contribution in [2.24, 2.45) is 0 Å². The Hall–Kier alpha value is -2.09. The topological polar surface area (TPSA) is 92.7 Å². The third kappa shape index (κ3) is 3.44. The molecule has 2 N–H and O–H groups in total. The van der Waals surface area contributed by atoms with Crippen LogP contribution in [0.25, 0.3) is 0 Å². The van der Waals surface area contributed by atoms with Crippen molar-refractivity contribution in [1.82, 2.24) is 20.4 Å². The second-order valence-corrected chi connectivity index (χ2v) is 4.70. The Morgan fingerprint density at radius 3 is 2.63 bits per heavy atom. The first-order chi connectivity index (χ1) is 9.22. The molecule has 0 saturated carbocycles. The lowest BCUT2D eigenvalue weighted by atomic mass is 10.3. The number of nitrogens with one attached hydrogen (secondary N) is 2. The Balaban J connectivity index is 2.02. The highest BCUT2D eigenvalue weighted by molar-refractivity contribution is 7.15.